The zero-order valence-electron chi connectivity index (χ0n) is 11.9. The number of hydrogen-bond donors (Lipinski definition) is 2. The van der Waals surface area contributed by atoms with E-state index in [0.29, 0.717) is 18.0 Å². The van der Waals surface area contributed by atoms with Gasteiger partial charge in [-0.3, -0.25) is 0 Å². The maximum Gasteiger partial charge on any atom is 0.222 e. The van der Waals surface area contributed by atoms with Gasteiger partial charge < -0.3 is 10.6 Å². The van der Waals surface area contributed by atoms with Crippen LogP contribution in [0, 0.1) is 5.82 Å². The van der Waals surface area contributed by atoms with E-state index in [1.807, 2.05) is 0 Å². The average molecular weight is 266 g/mol. The first-order chi connectivity index (χ1) is 8.92. The number of aromatic nitrogens is 2. The van der Waals surface area contributed by atoms with E-state index in [9.17, 15) is 4.39 Å². The molecule has 19 heavy (non-hydrogen) atoms. The number of anilines is 1. The highest BCUT2D eigenvalue weighted by Crippen LogP contribution is 2.22. The molecule has 1 aliphatic carbocycles. The Morgan fingerprint density at radius 2 is 1.58 bits per heavy atom. The first-order valence-electron chi connectivity index (χ1n) is 6.94. The molecule has 0 unspecified atom stereocenters. The van der Waals surface area contributed by atoms with Crippen LogP contribution in [0.3, 0.4) is 0 Å². The Hall–Kier alpha value is -1.23. The van der Waals surface area contributed by atoms with Gasteiger partial charge in [-0.05, 0) is 46.5 Å². The van der Waals surface area contributed by atoms with Crippen LogP contribution in [0.2, 0.25) is 0 Å². The standard InChI is InChI=1S/C14H23FN4/c1-14(2,3)19-12-6-4-11(5-7-12)18-13-16-8-10(15)9-17-13/h8-9,11-12,19H,4-7H2,1-3H3,(H,16,17,18). The minimum Gasteiger partial charge on any atom is -0.351 e. The summed E-state index contributed by atoms with van der Waals surface area (Å²) in [5.41, 5.74) is 0.172. The molecule has 1 aliphatic rings. The largest absolute Gasteiger partial charge is 0.351 e. The summed E-state index contributed by atoms with van der Waals surface area (Å²) in [6, 6.07) is 0.982. The van der Waals surface area contributed by atoms with Gasteiger partial charge in [0.05, 0.1) is 12.4 Å². The second-order valence-electron chi connectivity index (χ2n) is 6.31. The Bertz CT molecular complexity index is 391. The Balaban J connectivity index is 1.79. The lowest BCUT2D eigenvalue weighted by molar-refractivity contribution is 0.286. The first kappa shape index (κ1) is 14.2. The van der Waals surface area contributed by atoms with Gasteiger partial charge in [-0.15, -0.1) is 0 Å². The fraction of sp³-hybridized carbons (Fsp3) is 0.714. The zero-order valence-corrected chi connectivity index (χ0v) is 11.9. The number of nitrogens with zero attached hydrogens (tertiary/aromatic N) is 2. The molecule has 5 heteroatoms. The summed E-state index contributed by atoms with van der Waals surface area (Å²) in [6.45, 7) is 6.59. The Morgan fingerprint density at radius 3 is 2.11 bits per heavy atom. The van der Waals surface area contributed by atoms with Gasteiger partial charge in [0.2, 0.25) is 5.95 Å². The number of nitrogens with one attached hydrogen (secondary N) is 2. The van der Waals surface area contributed by atoms with Gasteiger partial charge >= 0.3 is 0 Å². The SMILES string of the molecule is CC(C)(C)NC1CCC(Nc2ncc(F)cn2)CC1. The molecule has 0 saturated heterocycles. The number of hydrogen-bond acceptors (Lipinski definition) is 4. The zero-order chi connectivity index (χ0) is 13.9. The van der Waals surface area contributed by atoms with E-state index in [-0.39, 0.29) is 5.54 Å². The van der Waals surface area contributed by atoms with Crippen molar-refractivity contribution in [2.24, 2.45) is 0 Å². The highest BCUT2D eigenvalue weighted by atomic mass is 19.1. The van der Waals surface area contributed by atoms with Crippen LogP contribution in [0.15, 0.2) is 12.4 Å². The quantitative estimate of drug-likeness (QED) is 0.883. The normalized spacial score (nSPS) is 24.2. The lowest BCUT2D eigenvalue weighted by atomic mass is 9.89. The minimum absolute atomic E-state index is 0.172. The van der Waals surface area contributed by atoms with Crippen molar-refractivity contribution < 1.29 is 4.39 Å². The molecule has 0 atom stereocenters. The summed E-state index contributed by atoms with van der Waals surface area (Å²) in [4.78, 5) is 7.88. The van der Waals surface area contributed by atoms with Gasteiger partial charge in [-0.25, -0.2) is 14.4 Å². The lowest BCUT2D eigenvalue weighted by Crippen LogP contribution is -2.46. The van der Waals surface area contributed by atoms with Crippen molar-refractivity contribution >= 4 is 5.95 Å². The first-order valence-corrected chi connectivity index (χ1v) is 6.94. The molecule has 106 valence electrons. The molecular weight excluding hydrogens is 243 g/mol. The molecule has 0 spiro atoms. The summed E-state index contributed by atoms with van der Waals surface area (Å²) in [5.74, 6) is 0.122. The van der Waals surface area contributed by atoms with E-state index in [0.717, 1.165) is 25.7 Å². The third-order valence-corrected chi connectivity index (χ3v) is 3.32. The second kappa shape index (κ2) is 5.82. The number of rotatable bonds is 3. The Labute approximate surface area is 114 Å². The summed E-state index contributed by atoms with van der Waals surface area (Å²) in [6.07, 6.45) is 6.87. The van der Waals surface area contributed by atoms with Gasteiger partial charge in [-0.1, -0.05) is 0 Å². The molecule has 1 aromatic heterocycles. The van der Waals surface area contributed by atoms with Crippen LogP contribution in [0.1, 0.15) is 46.5 Å². The van der Waals surface area contributed by atoms with Crippen molar-refractivity contribution in [2.75, 3.05) is 5.32 Å². The van der Waals surface area contributed by atoms with Gasteiger partial charge in [-0.2, -0.15) is 0 Å². The van der Waals surface area contributed by atoms with Crippen LogP contribution in [0.5, 0.6) is 0 Å². The fourth-order valence-corrected chi connectivity index (χ4v) is 2.56. The van der Waals surface area contributed by atoms with E-state index in [4.69, 9.17) is 0 Å². The highest BCUT2D eigenvalue weighted by molar-refractivity contribution is 5.24. The topological polar surface area (TPSA) is 49.8 Å². The van der Waals surface area contributed by atoms with Crippen molar-refractivity contribution in [1.29, 1.82) is 0 Å². The number of halogens is 1. The maximum absolute atomic E-state index is 12.7. The van der Waals surface area contributed by atoms with Crippen molar-refractivity contribution in [3.8, 4) is 0 Å². The van der Waals surface area contributed by atoms with Crippen molar-refractivity contribution in [2.45, 2.75) is 64.1 Å². The minimum atomic E-state index is -0.399. The molecule has 1 saturated carbocycles. The van der Waals surface area contributed by atoms with Gasteiger partial charge in [0.1, 0.15) is 0 Å². The van der Waals surface area contributed by atoms with Crippen LogP contribution in [-0.2, 0) is 0 Å². The van der Waals surface area contributed by atoms with Crippen LogP contribution in [0.25, 0.3) is 0 Å². The molecule has 0 amide bonds. The van der Waals surface area contributed by atoms with Gasteiger partial charge in [0.15, 0.2) is 5.82 Å². The third-order valence-electron chi connectivity index (χ3n) is 3.32. The predicted molar refractivity (Wildman–Crippen MR) is 74.5 cm³/mol. The summed E-state index contributed by atoms with van der Waals surface area (Å²) < 4.78 is 12.7. The van der Waals surface area contributed by atoms with E-state index >= 15 is 0 Å². The molecule has 0 aromatic carbocycles. The van der Waals surface area contributed by atoms with Crippen molar-refractivity contribution in [1.82, 2.24) is 15.3 Å². The lowest BCUT2D eigenvalue weighted by Gasteiger charge is -2.34. The summed E-state index contributed by atoms with van der Waals surface area (Å²) >= 11 is 0. The average Bonchev–Trinajstić information content (AvgIpc) is 2.33. The Morgan fingerprint density at radius 1 is 1.05 bits per heavy atom. The molecule has 1 fully saturated rings. The molecule has 2 N–H and O–H groups in total. The van der Waals surface area contributed by atoms with Gasteiger partial charge in [0, 0.05) is 17.6 Å². The third kappa shape index (κ3) is 4.74. The van der Waals surface area contributed by atoms with E-state index < -0.39 is 5.82 Å². The molecule has 0 aliphatic heterocycles. The van der Waals surface area contributed by atoms with Crippen molar-refractivity contribution in [3.05, 3.63) is 18.2 Å². The highest BCUT2D eigenvalue weighted by Gasteiger charge is 2.24. The summed E-state index contributed by atoms with van der Waals surface area (Å²) in [7, 11) is 0. The van der Waals surface area contributed by atoms with Crippen molar-refractivity contribution in [3.63, 3.8) is 0 Å². The van der Waals surface area contributed by atoms with Crippen LogP contribution >= 0.6 is 0 Å². The van der Waals surface area contributed by atoms with Crippen LogP contribution in [-0.4, -0.2) is 27.6 Å². The predicted octanol–water partition coefficient (Wildman–Crippen LogP) is 2.73. The molecule has 4 nitrogen and oxygen atoms in total. The van der Waals surface area contributed by atoms with E-state index in [2.05, 4.69) is 41.4 Å². The smallest absolute Gasteiger partial charge is 0.222 e. The molecule has 0 bridgehead atoms. The summed E-state index contributed by atoms with van der Waals surface area (Å²) in [5, 5.41) is 6.92. The molecule has 0 radical (unpaired) electrons. The second-order valence-corrected chi connectivity index (χ2v) is 6.31. The van der Waals surface area contributed by atoms with E-state index in [1.54, 1.807) is 0 Å². The molecule has 1 aromatic rings. The van der Waals surface area contributed by atoms with Crippen LogP contribution in [0.4, 0.5) is 10.3 Å². The fourth-order valence-electron chi connectivity index (χ4n) is 2.56. The van der Waals surface area contributed by atoms with E-state index in [1.165, 1.54) is 12.4 Å². The maximum atomic E-state index is 12.7. The molecular formula is C14H23FN4. The van der Waals surface area contributed by atoms with Gasteiger partial charge in [0.25, 0.3) is 0 Å². The Kier molecular flexibility index (Phi) is 4.34. The monoisotopic (exact) mass is 266 g/mol. The molecule has 1 heterocycles. The van der Waals surface area contributed by atoms with Crippen LogP contribution < -0.4 is 10.6 Å². The molecule has 2 rings (SSSR count).